The molecule has 5 heteroatoms. The summed E-state index contributed by atoms with van der Waals surface area (Å²) in [4.78, 5) is 11.9. The van der Waals surface area contributed by atoms with E-state index in [4.69, 9.17) is 16.3 Å². The number of nitrogens with one attached hydrogen (secondary N) is 1. The number of aryl methyl sites for hydroxylation is 2. The Bertz CT molecular complexity index is 706. The lowest BCUT2D eigenvalue weighted by molar-refractivity contribution is -0.120. The van der Waals surface area contributed by atoms with E-state index in [9.17, 15) is 4.79 Å². The molecule has 1 N–H and O–H groups in total. The monoisotopic (exact) mass is 377 g/mol. The summed E-state index contributed by atoms with van der Waals surface area (Å²) in [5, 5.41) is 3.77. The van der Waals surface area contributed by atoms with Gasteiger partial charge < -0.3 is 10.1 Å². The van der Waals surface area contributed by atoms with Crippen molar-refractivity contribution in [3.05, 3.63) is 64.2 Å². The van der Waals surface area contributed by atoms with Gasteiger partial charge in [0.25, 0.3) is 0 Å². The van der Waals surface area contributed by atoms with Crippen LogP contribution in [0.5, 0.6) is 5.75 Å². The number of rotatable bonds is 9. The molecule has 1 amide bonds. The van der Waals surface area contributed by atoms with E-state index in [-0.39, 0.29) is 5.91 Å². The highest BCUT2D eigenvalue weighted by atomic mass is 35.5. The van der Waals surface area contributed by atoms with E-state index in [1.54, 1.807) is 18.9 Å². The van der Waals surface area contributed by atoms with Crippen molar-refractivity contribution in [3.8, 4) is 5.75 Å². The van der Waals surface area contributed by atoms with Gasteiger partial charge in [-0.2, -0.15) is 11.8 Å². The van der Waals surface area contributed by atoms with Gasteiger partial charge in [0, 0.05) is 29.5 Å². The summed E-state index contributed by atoms with van der Waals surface area (Å²) >= 11 is 7.90. The Hall–Kier alpha value is -1.65. The molecular formula is C20H24ClNO2S. The van der Waals surface area contributed by atoms with Gasteiger partial charge in [-0.05, 0) is 42.2 Å². The van der Waals surface area contributed by atoms with Crippen molar-refractivity contribution in [3.63, 3.8) is 0 Å². The Morgan fingerprint density at radius 1 is 1.24 bits per heavy atom. The molecule has 134 valence electrons. The predicted molar refractivity (Wildman–Crippen MR) is 107 cm³/mol. The topological polar surface area (TPSA) is 38.3 Å². The van der Waals surface area contributed by atoms with Gasteiger partial charge in [-0.3, -0.25) is 4.79 Å². The summed E-state index contributed by atoms with van der Waals surface area (Å²) in [6.07, 6.45) is 1.24. The number of carbonyl (C=O) groups is 1. The van der Waals surface area contributed by atoms with Crippen molar-refractivity contribution >= 4 is 29.3 Å². The maximum absolute atomic E-state index is 11.9. The fourth-order valence-electron chi connectivity index (χ4n) is 2.50. The quantitative estimate of drug-likeness (QED) is 0.647. The number of hydrogen-bond donors (Lipinski definition) is 1. The third-order valence-corrected chi connectivity index (χ3v) is 5.26. The Kier molecular flexibility index (Phi) is 8.16. The van der Waals surface area contributed by atoms with Gasteiger partial charge in [0.1, 0.15) is 5.75 Å². The van der Waals surface area contributed by atoms with Gasteiger partial charge in [0.15, 0.2) is 0 Å². The summed E-state index contributed by atoms with van der Waals surface area (Å²) in [5.41, 5.74) is 3.38. The zero-order valence-electron chi connectivity index (χ0n) is 14.7. The maximum atomic E-state index is 11.9. The van der Waals surface area contributed by atoms with Gasteiger partial charge in [-0.25, -0.2) is 0 Å². The smallest absolute Gasteiger partial charge is 0.220 e. The molecule has 0 heterocycles. The second-order valence-corrected chi connectivity index (χ2v) is 7.31. The minimum absolute atomic E-state index is 0.0896. The molecule has 0 fully saturated rings. The summed E-state index contributed by atoms with van der Waals surface area (Å²) in [5.74, 6) is 2.70. The van der Waals surface area contributed by atoms with E-state index in [0.29, 0.717) is 13.0 Å². The molecule has 2 aromatic rings. The van der Waals surface area contributed by atoms with Crippen LogP contribution in [0, 0.1) is 6.92 Å². The van der Waals surface area contributed by atoms with Crippen molar-refractivity contribution in [2.24, 2.45) is 0 Å². The van der Waals surface area contributed by atoms with Crippen molar-refractivity contribution in [2.45, 2.75) is 25.5 Å². The molecule has 0 aromatic heterocycles. The lowest BCUT2D eigenvalue weighted by atomic mass is 10.1. The van der Waals surface area contributed by atoms with Crippen LogP contribution in [0.3, 0.4) is 0 Å². The second-order valence-electron chi connectivity index (χ2n) is 5.80. The van der Waals surface area contributed by atoms with Gasteiger partial charge in [0.05, 0.1) is 7.11 Å². The van der Waals surface area contributed by atoms with Gasteiger partial charge in [0.2, 0.25) is 5.91 Å². The fraction of sp³-hybridized carbons (Fsp3) is 0.350. The molecular weight excluding hydrogens is 354 g/mol. The number of carbonyl (C=O) groups excluding carboxylic acids is 1. The molecule has 25 heavy (non-hydrogen) atoms. The summed E-state index contributed by atoms with van der Waals surface area (Å²) in [6.45, 7) is 2.69. The molecule has 0 aliphatic heterocycles. The molecule has 0 saturated heterocycles. The minimum Gasteiger partial charge on any atom is -0.496 e. The average Bonchev–Trinajstić information content (AvgIpc) is 2.61. The molecule has 0 radical (unpaired) electrons. The van der Waals surface area contributed by atoms with E-state index in [2.05, 4.69) is 11.4 Å². The molecule has 0 aliphatic carbocycles. The Morgan fingerprint density at radius 3 is 2.76 bits per heavy atom. The number of thioether (sulfide) groups is 1. The van der Waals surface area contributed by atoms with E-state index < -0.39 is 0 Å². The van der Waals surface area contributed by atoms with E-state index in [0.717, 1.165) is 45.4 Å². The predicted octanol–water partition coefficient (Wildman–Crippen LogP) is 4.64. The number of hydrogen-bond acceptors (Lipinski definition) is 3. The Labute approximate surface area is 159 Å². The normalized spacial score (nSPS) is 10.5. The first-order valence-corrected chi connectivity index (χ1v) is 9.85. The van der Waals surface area contributed by atoms with Crippen molar-refractivity contribution in [1.29, 1.82) is 0 Å². The number of ether oxygens (including phenoxy) is 1. The van der Waals surface area contributed by atoms with E-state index in [1.165, 1.54) is 0 Å². The summed E-state index contributed by atoms with van der Waals surface area (Å²) < 4.78 is 5.25. The standard InChI is InChI=1S/C20H24ClNO2S/c1-15-13-16(7-9-19(15)24-2)8-10-20(23)22-11-12-25-14-17-5-3-4-6-18(17)21/h3-7,9,13H,8,10-12,14H2,1-2H3,(H,22,23). The van der Waals surface area contributed by atoms with Crippen molar-refractivity contribution in [1.82, 2.24) is 5.32 Å². The number of methoxy groups -OCH3 is 1. The fourth-order valence-corrected chi connectivity index (χ4v) is 3.65. The minimum atomic E-state index is 0.0896. The van der Waals surface area contributed by atoms with Crippen LogP contribution in [0.15, 0.2) is 42.5 Å². The lowest BCUT2D eigenvalue weighted by Gasteiger charge is -2.08. The number of benzene rings is 2. The van der Waals surface area contributed by atoms with Crippen LogP contribution in [0.1, 0.15) is 23.1 Å². The third-order valence-electron chi connectivity index (χ3n) is 3.88. The first-order valence-electron chi connectivity index (χ1n) is 8.31. The summed E-state index contributed by atoms with van der Waals surface area (Å²) in [6, 6.07) is 13.9. The van der Waals surface area contributed by atoms with Crippen LogP contribution in [-0.2, 0) is 17.0 Å². The largest absolute Gasteiger partial charge is 0.496 e. The Balaban J connectivity index is 1.62. The average molecular weight is 378 g/mol. The van der Waals surface area contributed by atoms with Crippen LogP contribution in [-0.4, -0.2) is 25.3 Å². The molecule has 0 spiro atoms. The molecule has 0 atom stereocenters. The third kappa shape index (κ3) is 6.63. The van der Waals surface area contributed by atoms with Crippen molar-refractivity contribution < 1.29 is 9.53 Å². The van der Waals surface area contributed by atoms with Crippen LogP contribution in [0.4, 0.5) is 0 Å². The van der Waals surface area contributed by atoms with Gasteiger partial charge in [-0.15, -0.1) is 0 Å². The molecule has 0 bridgehead atoms. The zero-order chi connectivity index (χ0) is 18.1. The van der Waals surface area contributed by atoms with Crippen LogP contribution >= 0.6 is 23.4 Å². The molecule has 0 unspecified atom stereocenters. The highest BCUT2D eigenvalue weighted by molar-refractivity contribution is 7.98. The first kappa shape index (κ1) is 19.7. The molecule has 0 aliphatic rings. The molecule has 2 aromatic carbocycles. The lowest BCUT2D eigenvalue weighted by Crippen LogP contribution is -2.25. The van der Waals surface area contributed by atoms with Gasteiger partial charge >= 0.3 is 0 Å². The second kappa shape index (κ2) is 10.4. The van der Waals surface area contributed by atoms with Gasteiger partial charge in [-0.1, -0.05) is 41.9 Å². The van der Waals surface area contributed by atoms with Crippen LogP contribution in [0.2, 0.25) is 5.02 Å². The number of amides is 1. The molecule has 2 rings (SSSR count). The number of halogens is 1. The van der Waals surface area contributed by atoms with Crippen molar-refractivity contribution in [2.75, 3.05) is 19.4 Å². The molecule has 3 nitrogen and oxygen atoms in total. The molecule has 0 saturated carbocycles. The summed E-state index contributed by atoms with van der Waals surface area (Å²) in [7, 11) is 1.67. The maximum Gasteiger partial charge on any atom is 0.220 e. The SMILES string of the molecule is COc1ccc(CCC(=O)NCCSCc2ccccc2Cl)cc1C. The zero-order valence-corrected chi connectivity index (χ0v) is 16.3. The van der Waals surface area contributed by atoms with E-state index in [1.807, 2.05) is 43.3 Å². The highest BCUT2D eigenvalue weighted by Gasteiger charge is 2.05. The van der Waals surface area contributed by atoms with Crippen LogP contribution in [0.25, 0.3) is 0 Å². The Morgan fingerprint density at radius 2 is 2.04 bits per heavy atom. The highest BCUT2D eigenvalue weighted by Crippen LogP contribution is 2.20. The van der Waals surface area contributed by atoms with E-state index >= 15 is 0 Å². The van der Waals surface area contributed by atoms with Crippen LogP contribution < -0.4 is 10.1 Å². The first-order chi connectivity index (χ1) is 12.1.